The third-order valence-electron chi connectivity index (χ3n) is 18.7. The van der Waals surface area contributed by atoms with E-state index >= 15 is 0 Å². The van der Waals surface area contributed by atoms with Gasteiger partial charge in [-0.1, -0.05) is 194 Å². The van der Waals surface area contributed by atoms with Crippen LogP contribution in [0.2, 0.25) is 0 Å². The molecule has 8 aromatic carbocycles. The summed E-state index contributed by atoms with van der Waals surface area (Å²) < 4.78 is 49.2. The van der Waals surface area contributed by atoms with Crippen LogP contribution in [0.15, 0.2) is 170 Å². The Morgan fingerprint density at radius 3 is 1.71 bits per heavy atom. The molecule has 3 heterocycles. The maximum atomic E-state index is 9.75. The molecule has 0 saturated heterocycles. The molecule has 79 heavy (non-hydrogen) atoms. The first kappa shape index (κ1) is 46.0. The van der Waals surface area contributed by atoms with Gasteiger partial charge < -0.3 is 14.7 Å². The summed E-state index contributed by atoms with van der Waals surface area (Å²) in [7, 11) is 0. The molecular formula is C74H78BN3S. The van der Waals surface area contributed by atoms with Crippen molar-refractivity contribution in [1.29, 1.82) is 0 Å². The van der Waals surface area contributed by atoms with Crippen molar-refractivity contribution < 1.29 is 6.85 Å². The molecule has 2 aliphatic carbocycles. The number of nitrogens with zero attached hydrogens (tertiary/aromatic N) is 3. The van der Waals surface area contributed by atoms with E-state index in [0.29, 0.717) is 11.4 Å². The van der Waals surface area contributed by atoms with Crippen molar-refractivity contribution in [3.63, 3.8) is 0 Å². The van der Waals surface area contributed by atoms with E-state index in [1.54, 1.807) is 0 Å². The van der Waals surface area contributed by atoms with Gasteiger partial charge in [0.05, 0.1) is 23.9 Å². The zero-order valence-corrected chi connectivity index (χ0v) is 49.8. The molecule has 9 aromatic rings. The molecule has 0 fully saturated rings. The van der Waals surface area contributed by atoms with Crippen molar-refractivity contribution in [2.75, 3.05) is 14.7 Å². The summed E-state index contributed by atoms with van der Waals surface area (Å²) in [6.07, 6.45) is 4.25. The van der Waals surface area contributed by atoms with Gasteiger partial charge in [0.25, 0.3) is 6.71 Å². The van der Waals surface area contributed by atoms with Crippen molar-refractivity contribution in [1.82, 2.24) is 0 Å². The molecule has 0 atom stereocenters. The van der Waals surface area contributed by atoms with E-state index < -0.39 is 6.04 Å². The standard InChI is InChI=1S/C74H78BN3S/c1-69(2,3)48-30-33-52(34-31-48)77-61-43-53(76(50-26-20-16-21-27-50)51-28-22-17-23-29-51)44-62-66(61)75(68-67(77)54-42-49(70(4,5)6)32-37-63(54)79-68)58-45-56-57(73(11,12)39-38-72(56,9)10)46-60(58)78(62)59-36-35-55-65(64(59)47-24-18-15-19-25-47)74(13,14)41-40-71(55,7)8/h15-37,42-46H,38-41H2,1-14H3/i16D,20D,21D,26D,27D. The largest absolute Gasteiger partial charge is 0.311 e. The molecule has 0 N–H and O–H groups in total. The zero-order valence-electron chi connectivity index (χ0n) is 53.9. The number of benzene rings is 8. The molecule has 3 nitrogen and oxygen atoms in total. The Bertz CT molecular complexity index is 4160. The predicted octanol–water partition coefficient (Wildman–Crippen LogP) is 19.4. The van der Waals surface area contributed by atoms with E-state index in [4.69, 9.17) is 1.37 Å². The van der Waals surface area contributed by atoms with E-state index in [-0.39, 0.29) is 69.1 Å². The number of anilines is 9. The second-order valence-corrected chi connectivity index (χ2v) is 29.0. The average Bonchev–Trinajstić information content (AvgIpc) is 1.17. The zero-order chi connectivity index (χ0) is 59.7. The maximum absolute atomic E-state index is 9.75. The van der Waals surface area contributed by atoms with Gasteiger partial charge in [-0.05, 0) is 181 Å². The fraction of sp³-hybridized carbons (Fsp3) is 0.324. The Hall–Kier alpha value is -6.82. The Morgan fingerprint density at radius 1 is 0.506 bits per heavy atom. The fourth-order valence-electron chi connectivity index (χ4n) is 13.9. The van der Waals surface area contributed by atoms with Crippen LogP contribution < -0.4 is 30.4 Å². The molecule has 1 aromatic heterocycles. The molecule has 0 amide bonds. The van der Waals surface area contributed by atoms with Crippen LogP contribution in [0.1, 0.15) is 163 Å². The summed E-state index contributed by atoms with van der Waals surface area (Å²) >= 11 is 1.91. The van der Waals surface area contributed by atoms with Gasteiger partial charge in [-0.3, -0.25) is 0 Å². The topological polar surface area (TPSA) is 9.72 Å². The van der Waals surface area contributed by atoms with E-state index in [1.165, 1.54) is 64.7 Å². The van der Waals surface area contributed by atoms with E-state index in [1.807, 2.05) is 46.6 Å². The minimum absolute atomic E-state index is 0.0703. The van der Waals surface area contributed by atoms with Crippen molar-refractivity contribution >= 4 is 95.0 Å². The minimum atomic E-state index is -0.425. The Balaban J connectivity index is 1.26. The van der Waals surface area contributed by atoms with Crippen molar-refractivity contribution in [3.8, 4) is 11.1 Å². The normalized spacial score (nSPS) is 18.3. The van der Waals surface area contributed by atoms with E-state index in [2.05, 4.69) is 216 Å². The number of hydrogen-bond donors (Lipinski definition) is 0. The smallest absolute Gasteiger partial charge is 0.264 e. The molecule has 0 bridgehead atoms. The highest BCUT2D eigenvalue weighted by molar-refractivity contribution is 7.33. The van der Waals surface area contributed by atoms with Crippen LogP contribution >= 0.6 is 11.3 Å². The summed E-state index contributed by atoms with van der Waals surface area (Å²) in [6.45, 7) is 32.9. The molecular weight excluding hydrogens is 974 g/mol. The second-order valence-electron chi connectivity index (χ2n) is 28.0. The fourth-order valence-corrected chi connectivity index (χ4v) is 15.2. The second kappa shape index (κ2) is 17.8. The summed E-state index contributed by atoms with van der Waals surface area (Å²) in [4.78, 5) is 7.05. The Labute approximate surface area is 483 Å². The predicted molar refractivity (Wildman–Crippen MR) is 344 cm³/mol. The molecule has 4 aliphatic rings. The minimum Gasteiger partial charge on any atom is -0.311 e. The lowest BCUT2D eigenvalue weighted by Gasteiger charge is -2.48. The van der Waals surface area contributed by atoms with Gasteiger partial charge in [-0.15, -0.1) is 11.3 Å². The molecule has 5 heteroatoms. The molecule has 0 saturated carbocycles. The van der Waals surface area contributed by atoms with Crippen LogP contribution in [-0.2, 0) is 32.5 Å². The highest BCUT2D eigenvalue weighted by Crippen LogP contribution is 2.58. The number of rotatable bonds is 6. The van der Waals surface area contributed by atoms with Crippen LogP contribution in [0.25, 0.3) is 21.2 Å². The van der Waals surface area contributed by atoms with E-state index in [9.17, 15) is 5.48 Å². The highest BCUT2D eigenvalue weighted by atomic mass is 32.1. The number of hydrogen-bond acceptors (Lipinski definition) is 4. The van der Waals surface area contributed by atoms with Gasteiger partial charge >= 0.3 is 0 Å². The van der Waals surface area contributed by atoms with Crippen LogP contribution in [-0.4, -0.2) is 6.71 Å². The Morgan fingerprint density at radius 2 is 1.08 bits per heavy atom. The lowest BCUT2D eigenvalue weighted by atomic mass is 9.35. The van der Waals surface area contributed by atoms with E-state index in [0.717, 1.165) is 65.4 Å². The van der Waals surface area contributed by atoms with Crippen LogP contribution in [0.5, 0.6) is 0 Å². The van der Waals surface area contributed by atoms with Gasteiger partial charge in [-0.2, -0.15) is 0 Å². The number of thiophene rings is 1. The van der Waals surface area contributed by atoms with Crippen molar-refractivity contribution in [2.45, 2.75) is 155 Å². The Kier molecular flexibility index (Phi) is 10.4. The summed E-state index contributed by atoms with van der Waals surface area (Å²) in [5, 5.41) is 1.19. The SMILES string of the molecule is [2H]c1c([2H])c([2H])c(N(c2ccccc2)c2cc3c4c(c2)N(c2ccc(C(C)(C)C)cc2)c2c(sc5ccc(C(C)(C)C)cc25)B4c2cc4c(cc2N3c2ccc3c(c2-c2ccccc2)C(C)(C)CCC3(C)C)C(C)(C)CCC4(C)C)c([2H])c1[2H]. The molecule has 398 valence electrons. The molecule has 0 radical (unpaired) electrons. The monoisotopic (exact) mass is 1060 g/mol. The molecule has 0 unspecified atom stereocenters. The first-order chi connectivity index (χ1) is 39.5. The lowest BCUT2D eigenvalue weighted by Crippen LogP contribution is -2.61. The maximum Gasteiger partial charge on any atom is 0.264 e. The quantitative estimate of drug-likeness (QED) is 0.154. The number of para-hydroxylation sites is 2. The third-order valence-corrected chi connectivity index (χ3v) is 20.0. The lowest BCUT2D eigenvalue weighted by molar-refractivity contribution is 0.332. The van der Waals surface area contributed by atoms with Crippen LogP contribution in [0.4, 0.5) is 51.2 Å². The van der Waals surface area contributed by atoms with Gasteiger partial charge in [0.2, 0.25) is 0 Å². The van der Waals surface area contributed by atoms with Crippen molar-refractivity contribution in [2.24, 2.45) is 0 Å². The average molecular weight is 1060 g/mol. The number of fused-ring (bicyclic) bond motifs is 8. The summed E-state index contributed by atoms with van der Waals surface area (Å²) in [6, 6.07) is 50.1. The van der Waals surface area contributed by atoms with Gasteiger partial charge in [0, 0.05) is 54.6 Å². The summed E-state index contributed by atoms with van der Waals surface area (Å²) in [5.74, 6) is 0. The van der Waals surface area contributed by atoms with Gasteiger partial charge in [0.1, 0.15) is 0 Å². The molecule has 13 rings (SSSR count). The van der Waals surface area contributed by atoms with Gasteiger partial charge in [0.15, 0.2) is 0 Å². The summed E-state index contributed by atoms with van der Waals surface area (Å²) in [5.41, 5.74) is 20.0. The van der Waals surface area contributed by atoms with Crippen LogP contribution in [0, 0.1) is 0 Å². The van der Waals surface area contributed by atoms with Gasteiger partial charge in [-0.25, -0.2) is 0 Å². The third kappa shape index (κ3) is 8.25. The van der Waals surface area contributed by atoms with Crippen LogP contribution in [0.3, 0.4) is 0 Å². The van der Waals surface area contributed by atoms with Crippen molar-refractivity contribution in [3.05, 3.63) is 203 Å². The molecule has 0 spiro atoms. The highest BCUT2D eigenvalue weighted by Gasteiger charge is 2.50. The first-order valence-corrected chi connectivity index (χ1v) is 29.6. The first-order valence-electron chi connectivity index (χ1n) is 31.3. The molecule has 2 aliphatic heterocycles.